The van der Waals surface area contributed by atoms with Crippen LogP contribution in [0.3, 0.4) is 0 Å². The number of hydrogen-bond acceptors (Lipinski definition) is 6. The second kappa shape index (κ2) is 62.1. The topological polar surface area (TPSA) is 78.9 Å². The molecule has 0 spiro atoms. The van der Waals surface area contributed by atoms with Crippen molar-refractivity contribution in [1.29, 1.82) is 0 Å². The van der Waals surface area contributed by atoms with Crippen molar-refractivity contribution in [1.82, 2.24) is 0 Å². The molecule has 74 heavy (non-hydrogen) atoms. The lowest BCUT2D eigenvalue weighted by Crippen LogP contribution is -2.30. The molecule has 6 nitrogen and oxygen atoms in total. The van der Waals surface area contributed by atoms with E-state index in [1.54, 1.807) is 0 Å². The van der Waals surface area contributed by atoms with Crippen LogP contribution in [0.25, 0.3) is 0 Å². The first-order valence-corrected chi connectivity index (χ1v) is 31.6. The summed E-state index contributed by atoms with van der Waals surface area (Å²) in [5, 5.41) is 0. The van der Waals surface area contributed by atoms with E-state index in [1.807, 2.05) is 0 Å². The Hall–Kier alpha value is -3.41. The fourth-order valence-corrected chi connectivity index (χ4v) is 8.96. The number of carbonyl (C=O) groups excluding carboxylic acids is 3. The van der Waals surface area contributed by atoms with Crippen molar-refractivity contribution in [2.24, 2.45) is 0 Å². The zero-order valence-corrected chi connectivity index (χ0v) is 48.8. The molecule has 0 bridgehead atoms. The minimum atomic E-state index is -0.798. The van der Waals surface area contributed by atoms with Crippen molar-refractivity contribution in [3.63, 3.8) is 0 Å². The Morgan fingerprint density at radius 1 is 0.284 bits per heavy atom. The largest absolute Gasteiger partial charge is 0.462 e. The van der Waals surface area contributed by atoms with Crippen LogP contribution in [-0.4, -0.2) is 37.2 Å². The van der Waals surface area contributed by atoms with Crippen molar-refractivity contribution >= 4 is 17.9 Å². The lowest BCUT2D eigenvalue weighted by Gasteiger charge is -2.18. The molecule has 0 aromatic carbocycles. The van der Waals surface area contributed by atoms with Gasteiger partial charge >= 0.3 is 17.9 Å². The fourth-order valence-electron chi connectivity index (χ4n) is 8.96. The normalized spacial score (nSPS) is 12.6. The summed E-state index contributed by atoms with van der Waals surface area (Å²) in [6.07, 6.45) is 81.6. The van der Waals surface area contributed by atoms with Crippen LogP contribution in [-0.2, 0) is 28.6 Å². The number of ether oxygens (including phenoxy) is 3. The minimum absolute atomic E-state index is 0.0902. The highest BCUT2D eigenvalue weighted by Crippen LogP contribution is 2.17. The second-order valence-electron chi connectivity index (χ2n) is 21.0. The molecule has 0 amide bonds. The summed E-state index contributed by atoms with van der Waals surface area (Å²) < 4.78 is 16.9. The van der Waals surface area contributed by atoms with Crippen LogP contribution in [0.2, 0.25) is 0 Å². The van der Waals surface area contributed by atoms with Crippen LogP contribution in [0, 0.1) is 0 Å². The molecule has 1 atom stereocenters. The Morgan fingerprint density at radius 3 is 0.824 bits per heavy atom. The molecular weight excluding hydrogens is 913 g/mol. The van der Waals surface area contributed by atoms with E-state index in [0.717, 1.165) is 89.9 Å². The van der Waals surface area contributed by atoms with Crippen LogP contribution < -0.4 is 0 Å². The van der Waals surface area contributed by atoms with Gasteiger partial charge in [0.1, 0.15) is 13.2 Å². The van der Waals surface area contributed by atoms with Gasteiger partial charge in [0, 0.05) is 19.3 Å². The zero-order valence-electron chi connectivity index (χ0n) is 48.8. The van der Waals surface area contributed by atoms with E-state index in [9.17, 15) is 14.4 Å². The van der Waals surface area contributed by atoms with Crippen LogP contribution in [0.1, 0.15) is 310 Å². The van der Waals surface area contributed by atoms with E-state index in [2.05, 4.69) is 106 Å². The molecule has 0 heterocycles. The summed E-state index contributed by atoms with van der Waals surface area (Å²) in [6.45, 7) is 6.52. The first-order chi connectivity index (χ1) is 36.5. The predicted molar refractivity (Wildman–Crippen MR) is 321 cm³/mol. The number of esters is 3. The van der Waals surface area contributed by atoms with Gasteiger partial charge in [-0.25, -0.2) is 0 Å². The number of allylic oxidation sites excluding steroid dienone is 14. The molecule has 0 aromatic rings. The molecule has 6 heteroatoms. The van der Waals surface area contributed by atoms with Crippen LogP contribution in [0.15, 0.2) is 85.1 Å². The van der Waals surface area contributed by atoms with Crippen LogP contribution >= 0.6 is 0 Å². The van der Waals surface area contributed by atoms with E-state index in [-0.39, 0.29) is 37.5 Å². The molecule has 0 radical (unpaired) electrons. The van der Waals surface area contributed by atoms with Gasteiger partial charge in [0.2, 0.25) is 0 Å². The molecule has 0 rings (SSSR count). The van der Waals surface area contributed by atoms with E-state index in [4.69, 9.17) is 14.2 Å². The maximum atomic E-state index is 12.9. The van der Waals surface area contributed by atoms with Gasteiger partial charge in [-0.05, 0) is 70.6 Å². The van der Waals surface area contributed by atoms with Crippen LogP contribution in [0.4, 0.5) is 0 Å². The first-order valence-electron chi connectivity index (χ1n) is 31.6. The van der Waals surface area contributed by atoms with E-state index >= 15 is 0 Å². The van der Waals surface area contributed by atoms with E-state index < -0.39 is 6.10 Å². The Kier molecular flexibility index (Phi) is 59.3. The van der Waals surface area contributed by atoms with Gasteiger partial charge in [0.05, 0.1) is 0 Å². The van der Waals surface area contributed by atoms with Crippen molar-refractivity contribution in [2.75, 3.05) is 13.2 Å². The van der Waals surface area contributed by atoms with Gasteiger partial charge in [0.15, 0.2) is 6.10 Å². The van der Waals surface area contributed by atoms with Crippen molar-refractivity contribution in [3.8, 4) is 0 Å². The van der Waals surface area contributed by atoms with E-state index in [1.165, 1.54) is 173 Å². The van der Waals surface area contributed by atoms with Gasteiger partial charge in [-0.1, -0.05) is 305 Å². The molecule has 426 valence electrons. The Balaban J connectivity index is 4.44. The average Bonchev–Trinajstić information content (AvgIpc) is 3.40. The standard InChI is InChI=1S/C68H118O6/c1-4-7-10-13-16-19-22-25-28-31-32-33-34-35-36-38-40-43-46-49-52-55-58-61-67(70)73-64-65(63-72-66(69)60-57-54-51-48-45-42-39-30-27-24-21-18-15-12-9-6-3)74-68(71)62-59-56-53-50-47-44-41-37-29-26-23-20-17-14-11-8-5-2/h7,10,16,19,25,28,32-33,35-36,40,43,49,52,65H,4-6,8-9,11-15,17-18,20-24,26-27,29-31,34,37-39,41-42,44-48,50-51,53-64H2,1-3H3/b10-7-,19-16-,28-25-,33-32-,36-35-,43-40-,52-49-. The molecule has 0 aliphatic carbocycles. The molecule has 0 fully saturated rings. The Labute approximate surface area is 458 Å². The van der Waals surface area contributed by atoms with E-state index in [0.29, 0.717) is 19.3 Å². The molecule has 0 saturated heterocycles. The SMILES string of the molecule is CC/C=C\C/C=C\C/C=C\C/C=C\C/C=C\C/C=C\C/C=C\CCCC(=O)OCC(COC(=O)CCCCCCCCCCCCCCCCCC)OC(=O)CCCCCCCCCCCCCCCCCCC. The highest BCUT2D eigenvalue weighted by molar-refractivity contribution is 5.71. The summed E-state index contributed by atoms with van der Waals surface area (Å²) in [5.74, 6) is -0.936. The third-order valence-corrected chi connectivity index (χ3v) is 13.7. The lowest BCUT2D eigenvalue weighted by molar-refractivity contribution is -0.167. The predicted octanol–water partition coefficient (Wildman–Crippen LogP) is 21.5. The molecule has 0 saturated carbocycles. The van der Waals surface area contributed by atoms with Crippen molar-refractivity contribution in [2.45, 2.75) is 316 Å². The summed E-state index contributed by atoms with van der Waals surface area (Å²) in [7, 11) is 0. The second-order valence-corrected chi connectivity index (χ2v) is 21.0. The number of rotatable bonds is 57. The summed E-state index contributed by atoms with van der Waals surface area (Å²) in [5.41, 5.74) is 0. The quantitative estimate of drug-likeness (QED) is 0.0261. The number of unbranched alkanes of at least 4 members (excludes halogenated alkanes) is 32. The zero-order chi connectivity index (χ0) is 53.6. The van der Waals surface area contributed by atoms with Gasteiger partial charge < -0.3 is 14.2 Å². The molecule has 1 unspecified atom stereocenters. The third-order valence-electron chi connectivity index (χ3n) is 13.7. The monoisotopic (exact) mass is 1030 g/mol. The highest BCUT2D eigenvalue weighted by Gasteiger charge is 2.19. The molecule has 0 aromatic heterocycles. The molecule has 0 aliphatic heterocycles. The van der Waals surface area contributed by atoms with Gasteiger partial charge in [0.25, 0.3) is 0 Å². The van der Waals surface area contributed by atoms with Crippen molar-refractivity contribution in [3.05, 3.63) is 85.1 Å². The van der Waals surface area contributed by atoms with Gasteiger partial charge in [-0.3, -0.25) is 14.4 Å². The van der Waals surface area contributed by atoms with Crippen LogP contribution in [0.5, 0.6) is 0 Å². The lowest BCUT2D eigenvalue weighted by atomic mass is 10.0. The first kappa shape index (κ1) is 70.6. The Bertz CT molecular complexity index is 1420. The maximum absolute atomic E-state index is 12.9. The minimum Gasteiger partial charge on any atom is -0.462 e. The van der Waals surface area contributed by atoms with Crippen molar-refractivity contribution < 1.29 is 28.6 Å². The fraction of sp³-hybridized carbons (Fsp3) is 0.750. The smallest absolute Gasteiger partial charge is 0.306 e. The summed E-state index contributed by atoms with van der Waals surface area (Å²) in [4.78, 5) is 38.3. The van der Waals surface area contributed by atoms with Gasteiger partial charge in [-0.15, -0.1) is 0 Å². The highest BCUT2D eigenvalue weighted by atomic mass is 16.6. The molecule has 0 aliphatic rings. The number of carbonyl (C=O) groups is 3. The third kappa shape index (κ3) is 59.5. The summed E-state index contributed by atoms with van der Waals surface area (Å²) >= 11 is 0. The number of hydrogen-bond donors (Lipinski definition) is 0. The Morgan fingerprint density at radius 2 is 0.527 bits per heavy atom. The molecular formula is C68H118O6. The maximum Gasteiger partial charge on any atom is 0.306 e. The summed E-state index contributed by atoms with van der Waals surface area (Å²) in [6, 6.07) is 0. The molecule has 0 N–H and O–H groups in total. The van der Waals surface area contributed by atoms with Gasteiger partial charge in [-0.2, -0.15) is 0 Å². The average molecular weight is 1030 g/mol.